The summed E-state index contributed by atoms with van der Waals surface area (Å²) in [5.41, 5.74) is 9.06. The van der Waals surface area contributed by atoms with Gasteiger partial charge < -0.3 is 10.5 Å². The molecular formula is C19H24ClN3O3. The molecule has 1 aromatic carbocycles. The van der Waals surface area contributed by atoms with Gasteiger partial charge in [-0.05, 0) is 56.9 Å². The molecule has 140 valence electrons. The van der Waals surface area contributed by atoms with Gasteiger partial charge >= 0.3 is 0 Å². The summed E-state index contributed by atoms with van der Waals surface area (Å²) in [4.78, 5) is 24.1. The van der Waals surface area contributed by atoms with Gasteiger partial charge in [-0.1, -0.05) is 0 Å². The summed E-state index contributed by atoms with van der Waals surface area (Å²) < 4.78 is 7.08. The van der Waals surface area contributed by atoms with Gasteiger partial charge in [0.2, 0.25) is 0 Å². The number of ether oxygens (including phenoxy) is 1. The third-order valence-electron chi connectivity index (χ3n) is 4.49. The van der Waals surface area contributed by atoms with Gasteiger partial charge in [0.05, 0.1) is 18.8 Å². The van der Waals surface area contributed by atoms with Crippen molar-refractivity contribution in [2.45, 2.75) is 45.7 Å². The standard InChI is InChI=1S/C19H23N3O3.ClH/c1-3-25-18-7-4-13(12(2)23)8-15(18)11-22-19(24)10-14-9-16(20)5-6-17(14)21-22;/h4,7-8,10,16H,3,5-6,9,11,20H2,1-2H3;1H. The Balaban J connectivity index is 0.00000243. The van der Waals surface area contributed by atoms with Gasteiger partial charge in [-0.3, -0.25) is 9.59 Å². The van der Waals surface area contributed by atoms with E-state index in [1.807, 2.05) is 6.92 Å². The van der Waals surface area contributed by atoms with E-state index in [-0.39, 0.29) is 36.3 Å². The third-order valence-corrected chi connectivity index (χ3v) is 4.49. The highest BCUT2D eigenvalue weighted by molar-refractivity contribution is 5.94. The van der Waals surface area contributed by atoms with Crippen molar-refractivity contribution in [2.24, 2.45) is 5.73 Å². The van der Waals surface area contributed by atoms with Gasteiger partial charge in [0.1, 0.15) is 5.75 Å². The molecule has 26 heavy (non-hydrogen) atoms. The van der Waals surface area contributed by atoms with Crippen molar-refractivity contribution in [2.75, 3.05) is 6.61 Å². The number of aryl methyl sites for hydroxylation is 1. The van der Waals surface area contributed by atoms with Crippen molar-refractivity contribution in [3.8, 4) is 5.75 Å². The fraction of sp³-hybridized carbons (Fsp3) is 0.421. The van der Waals surface area contributed by atoms with Gasteiger partial charge in [-0.15, -0.1) is 12.4 Å². The van der Waals surface area contributed by atoms with Crippen LogP contribution in [0, 0.1) is 0 Å². The minimum Gasteiger partial charge on any atom is -0.494 e. The predicted molar refractivity (Wildman–Crippen MR) is 102 cm³/mol. The summed E-state index contributed by atoms with van der Waals surface area (Å²) >= 11 is 0. The van der Waals surface area contributed by atoms with Gasteiger partial charge in [0.25, 0.3) is 5.56 Å². The minimum absolute atomic E-state index is 0. The molecule has 1 atom stereocenters. The summed E-state index contributed by atoms with van der Waals surface area (Å²) in [6, 6.07) is 7.02. The van der Waals surface area contributed by atoms with E-state index >= 15 is 0 Å². The van der Waals surface area contributed by atoms with Crippen LogP contribution in [-0.2, 0) is 19.4 Å². The summed E-state index contributed by atoms with van der Waals surface area (Å²) in [6.07, 6.45) is 2.35. The van der Waals surface area contributed by atoms with Gasteiger partial charge in [0.15, 0.2) is 5.78 Å². The number of carbonyl (C=O) groups is 1. The van der Waals surface area contributed by atoms with Crippen LogP contribution in [0.5, 0.6) is 5.75 Å². The van der Waals surface area contributed by atoms with E-state index in [1.165, 1.54) is 11.6 Å². The highest BCUT2D eigenvalue weighted by Crippen LogP contribution is 2.22. The largest absolute Gasteiger partial charge is 0.494 e. The Labute approximate surface area is 158 Å². The maximum atomic E-state index is 12.4. The molecule has 0 bridgehead atoms. The van der Waals surface area contributed by atoms with Crippen molar-refractivity contribution in [3.05, 3.63) is 57.0 Å². The number of fused-ring (bicyclic) bond motifs is 1. The highest BCUT2D eigenvalue weighted by atomic mass is 35.5. The second kappa shape index (κ2) is 8.47. The van der Waals surface area contributed by atoms with E-state index < -0.39 is 0 Å². The summed E-state index contributed by atoms with van der Waals surface area (Å²) in [5, 5.41) is 4.53. The van der Waals surface area contributed by atoms with Crippen LogP contribution in [0.15, 0.2) is 29.1 Å². The van der Waals surface area contributed by atoms with Crippen LogP contribution >= 0.6 is 12.4 Å². The van der Waals surface area contributed by atoms with Crippen LogP contribution in [0.25, 0.3) is 0 Å². The first-order chi connectivity index (χ1) is 12.0. The van der Waals surface area contributed by atoms with Crippen molar-refractivity contribution < 1.29 is 9.53 Å². The smallest absolute Gasteiger partial charge is 0.267 e. The lowest BCUT2D eigenvalue weighted by Crippen LogP contribution is -2.33. The Morgan fingerprint density at radius 1 is 1.38 bits per heavy atom. The quantitative estimate of drug-likeness (QED) is 0.806. The Kier molecular flexibility index (Phi) is 6.56. The number of rotatable bonds is 5. The molecule has 2 aromatic rings. The lowest BCUT2D eigenvalue weighted by atomic mass is 9.93. The van der Waals surface area contributed by atoms with Crippen LogP contribution in [-0.4, -0.2) is 28.2 Å². The number of hydrogen-bond donors (Lipinski definition) is 1. The molecule has 0 saturated carbocycles. The molecule has 7 heteroatoms. The SMILES string of the molecule is CCOc1ccc(C(C)=O)cc1Cn1nc2c(cc1=O)CC(N)CC2.Cl. The number of halogens is 1. The number of ketones is 1. The molecule has 0 amide bonds. The average Bonchev–Trinajstić information content (AvgIpc) is 2.57. The molecule has 0 spiro atoms. The van der Waals surface area contributed by atoms with E-state index in [4.69, 9.17) is 10.5 Å². The molecule has 1 unspecified atom stereocenters. The minimum atomic E-state index is -0.163. The zero-order valence-electron chi connectivity index (χ0n) is 15.0. The summed E-state index contributed by atoms with van der Waals surface area (Å²) in [5.74, 6) is 0.643. The van der Waals surface area contributed by atoms with Crippen LogP contribution in [0.4, 0.5) is 0 Å². The first-order valence-corrected chi connectivity index (χ1v) is 8.60. The lowest BCUT2D eigenvalue weighted by molar-refractivity contribution is 0.101. The normalized spacial score (nSPS) is 15.7. The average molecular weight is 378 g/mol. The van der Waals surface area contributed by atoms with Crippen LogP contribution < -0.4 is 16.0 Å². The van der Waals surface area contributed by atoms with E-state index in [2.05, 4.69) is 5.10 Å². The molecular weight excluding hydrogens is 354 g/mol. The monoisotopic (exact) mass is 377 g/mol. The Morgan fingerprint density at radius 3 is 2.85 bits per heavy atom. The van der Waals surface area contributed by atoms with Crippen molar-refractivity contribution in [3.63, 3.8) is 0 Å². The number of nitrogens with two attached hydrogens (primary N) is 1. The number of aromatic nitrogens is 2. The first-order valence-electron chi connectivity index (χ1n) is 8.60. The lowest BCUT2D eigenvalue weighted by Gasteiger charge is -2.21. The molecule has 6 nitrogen and oxygen atoms in total. The Bertz CT molecular complexity index is 864. The molecule has 1 heterocycles. The number of Topliss-reactive ketones (excluding diaryl/α,β-unsaturated/α-hetero) is 1. The Morgan fingerprint density at radius 2 is 2.15 bits per heavy atom. The first kappa shape index (κ1) is 20.1. The molecule has 0 aliphatic heterocycles. The number of hydrogen-bond acceptors (Lipinski definition) is 5. The highest BCUT2D eigenvalue weighted by Gasteiger charge is 2.19. The third kappa shape index (κ3) is 4.31. The van der Waals surface area contributed by atoms with Crippen molar-refractivity contribution in [1.29, 1.82) is 0 Å². The molecule has 0 fully saturated rings. The van der Waals surface area contributed by atoms with Crippen LogP contribution in [0.3, 0.4) is 0 Å². The van der Waals surface area contributed by atoms with Crippen molar-refractivity contribution in [1.82, 2.24) is 9.78 Å². The van der Waals surface area contributed by atoms with Crippen LogP contribution in [0.2, 0.25) is 0 Å². The second-order valence-corrected chi connectivity index (χ2v) is 6.43. The van der Waals surface area contributed by atoms with Gasteiger partial charge in [-0.2, -0.15) is 5.10 Å². The molecule has 2 N–H and O–H groups in total. The van der Waals surface area contributed by atoms with E-state index in [1.54, 1.807) is 24.3 Å². The fourth-order valence-corrected chi connectivity index (χ4v) is 3.15. The summed E-state index contributed by atoms with van der Waals surface area (Å²) in [6.45, 7) is 4.20. The molecule has 0 radical (unpaired) electrons. The molecule has 1 aromatic heterocycles. The number of carbonyl (C=O) groups excluding carboxylic acids is 1. The number of nitrogens with zero attached hydrogens (tertiary/aromatic N) is 2. The molecule has 1 aliphatic rings. The van der Waals surface area contributed by atoms with Crippen molar-refractivity contribution >= 4 is 18.2 Å². The second-order valence-electron chi connectivity index (χ2n) is 6.43. The Hall–Kier alpha value is -2.18. The topological polar surface area (TPSA) is 87.2 Å². The van der Waals surface area contributed by atoms with E-state index in [9.17, 15) is 9.59 Å². The van der Waals surface area contributed by atoms with Crippen LogP contribution in [0.1, 0.15) is 47.4 Å². The molecule has 0 saturated heterocycles. The van der Waals surface area contributed by atoms with E-state index in [0.717, 1.165) is 29.7 Å². The number of benzene rings is 1. The van der Waals surface area contributed by atoms with Gasteiger partial charge in [-0.25, -0.2) is 4.68 Å². The maximum absolute atomic E-state index is 12.4. The summed E-state index contributed by atoms with van der Waals surface area (Å²) in [7, 11) is 0. The maximum Gasteiger partial charge on any atom is 0.267 e. The molecule has 3 rings (SSSR count). The fourth-order valence-electron chi connectivity index (χ4n) is 3.15. The molecule has 1 aliphatic carbocycles. The predicted octanol–water partition coefficient (Wildman–Crippen LogP) is 2.13. The zero-order chi connectivity index (χ0) is 18.0. The van der Waals surface area contributed by atoms with Gasteiger partial charge in [0, 0.05) is 23.2 Å². The zero-order valence-corrected chi connectivity index (χ0v) is 15.8. The van der Waals surface area contributed by atoms with E-state index in [0.29, 0.717) is 24.3 Å².